The van der Waals surface area contributed by atoms with Crippen molar-refractivity contribution in [2.24, 2.45) is 0 Å². The summed E-state index contributed by atoms with van der Waals surface area (Å²) in [6.45, 7) is 8.26. The van der Waals surface area contributed by atoms with Crippen LogP contribution in [0.25, 0.3) is 22.2 Å². The SMILES string of the molecule is CC(C)(C)N1CCN(S(=O)(=O)Nc2cccc3ccc(-c4cccc(OC(F)(F)F)c4)nc23)CC1. The van der Waals surface area contributed by atoms with Gasteiger partial charge in [0.15, 0.2) is 0 Å². The van der Waals surface area contributed by atoms with E-state index < -0.39 is 16.6 Å². The molecule has 0 radical (unpaired) electrons. The lowest BCUT2D eigenvalue weighted by Gasteiger charge is -2.41. The molecule has 188 valence electrons. The van der Waals surface area contributed by atoms with E-state index in [-0.39, 0.29) is 11.3 Å². The number of nitrogens with zero attached hydrogens (tertiary/aromatic N) is 3. The molecule has 2 heterocycles. The zero-order valence-electron chi connectivity index (χ0n) is 19.6. The van der Waals surface area contributed by atoms with Gasteiger partial charge < -0.3 is 4.74 Å². The summed E-state index contributed by atoms with van der Waals surface area (Å²) in [5.41, 5.74) is 1.44. The van der Waals surface area contributed by atoms with Crippen molar-refractivity contribution in [3.8, 4) is 17.0 Å². The van der Waals surface area contributed by atoms with Crippen LogP contribution in [0.3, 0.4) is 0 Å². The quantitative estimate of drug-likeness (QED) is 0.532. The second kappa shape index (κ2) is 9.29. The van der Waals surface area contributed by atoms with Gasteiger partial charge in [-0.15, -0.1) is 13.2 Å². The average Bonchev–Trinajstić information content (AvgIpc) is 2.77. The highest BCUT2D eigenvalue weighted by atomic mass is 32.2. The third-order valence-electron chi connectivity index (χ3n) is 5.85. The summed E-state index contributed by atoms with van der Waals surface area (Å²) in [5, 5.41) is 0.689. The normalized spacial score (nSPS) is 16.4. The lowest BCUT2D eigenvalue weighted by molar-refractivity contribution is -0.274. The molecule has 2 aromatic carbocycles. The summed E-state index contributed by atoms with van der Waals surface area (Å²) < 4.78 is 72.2. The van der Waals surface area contributed by atoms with Crippen molar-refractivity contribution in [3.05, 3.63) is 54.6 Å². The van der Waals surface area contributed by atoms with Crippen LogP contribution in [0.1, 0.15) is 20.8 Å². The zero-order chi connectivity index (χ0) is 25.4. The van der Waals surface area contributed by atoms with Gasteiger partial charge in [-0.2, -0.15) is 12.7 Å². The summed E-state index contributed by atoms with van der Waals surface area (Å²) in [6.07, 6.45) is -4.81. The first kappa shape index (κ1) is 25.2. The Morgan fingerprint density at radius 2 is 1.63 bits per heavy atom. The van der Waals surface area contributed by atoms with E-state index in [0.29, 0.717) is 54.0 Å². The summed E-state index contributed by atoms with van der Waals surface area (Å²) >= 11 is 0. The Labute approximate surface area is 202 Å². The minimum Gasteiger partial charge on any atom is -0.406 e. The Hall–Kier alpha value is -2.89. The summed E-state index contributed by atoms with van der Waals surface area (Å²) in [4.78, 5) is 6.80. The molecule has 35 heavy (non-hydrogen) atoms. The number of para-hydroxylation sites is 1. The maximum Gasteiger partial charge on any atom is 0.573 e. The van der Waals surface area contributed by atoms with E-state index >= 15 is 0 Å². The van der Waals surface area contributed by atoms with Crippen LogP contribution in [-0.2, 0) is 10.2 Å². The van der Waals surface area contributed by atoms with Gasteiger partial charge >= 0.3 is 16.6 Å². The molecule has 7 nitrogen and oxygen atoms in total. The van der Waals surface area contributed by atoms with Crippen LogP contribution in [0.4, 0.5) is 18.9 Å². The van der Waals surface area contributed by atoms with Gasteiger partial charge in [0, 0.05) is 42.7 Å². The molecule has 1 aliphatic rings. The molecule has 0 bridgehead atoms. The molecular weight excluding hydrogens is 481 g/mol. The first-order chi connectivity index (χ1) is 16.3. The number of hydrogen-bond donors (Lipinski definition) is 1. The van der Waals surface area contributed by atoms with Gasteiger partial charge in [0.1, 0.15) is 5.75 Å². The lowest BCUT2D eigenvalue weighted by atomic mass is 10.1. The fourth-order valence-electron chi connectivity index (χ4n) is 4.05. The number of hydrogen-bond acceptors (Lipinski definition) is 5. The Bertz CT molecular complexity index is 1320. The van der Waals surface area contributed by atoms with Gasteiger partial charge in [0.2, 0.25) is 0 Å². The van der Waals surface area contributed by atoms with Crippen molar-refractivity contribution in [2.45, 2.75) is 32.7 Å². The molecule has 0 spiro atoms. The zero-order valence-corrected chi connectivity index (χ0v) is 20.4. The number of alkyl halides is 3. The molecule has 4 rings (SSSR count). The highest BCUT2D eigenvalue weighted by Crippen LogP contribution is 2.30. The smallest absolute Gasteiger partial charge is 0.406 e. The standard InChI is InChI=1S/C24H27F3N4O3S/c1-23(2,3)30-12-14-31(15-13-30)35(32,33)29-21-9-5-6-17-10-11-20(28-22(17)21)18-7-4-8-19(16-18)34-24(25,26)27/h4-11,16,29H,12-15H2,1-3H3. The summed E-state index contributed by atoms with van der Waals surface area (Å²) in [7, 11) is -3.83. The Balaban J connectivity index is 1.60. The molecule has 3 aromatic rings. The van der Waals surface area contributed by atoms with Crippen LogP contribution in [0.5, 0.6) is 5.75 Å². The van der Waals surface area contributed by atoms with Gasteiger partial charge in [0.25, 0.3) is 0 Å². The first-order valence-electron chi connectivity index (χ1n) is 11.1. The molecule has 0 saturated carbocycles. The molecule has 0 aliphatic carbocycles. The number of benzene rings is 2. The van der Waals surface area contributed by atoms with E-state index in [1.807, 2.05) is 0 Å². The molecule has 1 fully saturated rings. The van der Waals surface area contributed by atoms with Crippen molar-refractivity contribution in [1.29, 1.82) is 0 Å². The van der Waals surface area contributed by atoms with Crippen LogP contribution in [0, 0.1) is 0 Å². The van der Waals surface area contributed by atoms with E-state index in [0.717, 1.165) is 0 Å². The number of fused-ring (bicyclic) bond motifs is 1. The van der Waals surface area contributed by atoms with E-state index in [4.69, 9.17) is 0 Å². The van der Waals surface area contributed by atoms with Gasteiger partial charge in [-0.25, -0.2) is 4.98 Å². The van der Waals surface area contributed by atoms with E-state index in [9.17, 15) is 21.6 Å². The molecule has 0 amide bonds. The molecule has 1 N–H and O–H groups in total. The third kappa shape index (κ3) is 6.03. The number of halogens is 3. The number of pyridine rings is 1. The van der Waals surface area contributed by atoms with Crippen molar-refractivity contribution in [3.63, 3.8) is 0 Å². The van der Waals surface area contributed by atoms with Crippen LogP contribution < -0.4 is 9.46 Å². The van der Waals surface area contributed by atoms with Crippen molar-refractivity contribution in [1.82, 2.24) is 14.2 Å². The van der Waals surface area contributed by atoms with E-state index in [1.165, 1.54) is 22.5 Å². The van der Waals surface area contributed by atoms with Crippen molar-refractivity contribution >= 4 is 26.8 Å². The van der Waals surface area contributed by atoms with Crippen LogP contribution in [-0.4, -0.2) is 60.7 Å². The number of ether oxygens (including phenoxy) is 1. The number of nitrogens with one attached hydrogen (secondary N) is 1. The number of anilines is 1. The monoisotopic (exact) mass is 508 g/mol. The van der Waals surface area contributed by atoms with Gasteiger partial charge in [-0.05, 0) is 45.0 Å². The molecular formula is C24H27F3N4O3S. The number of aromatic nitrogens is 1. The number of piperazine rings is 1. The van der Waals surface area contributed by atoms with Crippen molar-refractivity contribution in [2.75, 3.05) is 30.9 Å². The lowest BCUT2D eigenvalue weighted by Crippen LogP contribution is -2.55. The van der Waals surface area contributed by atoms with Crippen molar-refractivity contribution < 1.29 is 26.3 Å². The molecule has 1 aromatic heterocycles. The topological polar surface area (TPSA) is 74.8 Å². The Morgan fingerprint density at radius 1 is 0.943 bits per heavy atom. The van der Waals surface area contributed by atoms with Crippen LogP contribution >= 0.6 is 0 Å². The Kier molecular flexibility index (Phi) is 6.69. The van der Waals surface area contributed by atoms with Gasteiger partial charge in [-0.1, -0.05) is 30.3 Å². The minimum absolute atomic E-state index is 0.0400. The van der Waals surface area contributed by atoms with Crippen LogP contribution in [0.2, 0.25) is 0 Å². The maximum absolute atomic E-state index is 13.1. The largest absolute Gasteiger partial charge is 0.573 e. The number of rotatable bonds is 5. The summed E-state index contributed by atoms with van der Waals surface area (Å²) in [6, 6.07) is 14.0. The third-order valence-corrected chi connectivity index (χ3v) is 7.37. The minimum atomic E-state index is -4.81. The predicted molar refractivity (Wildman–Crippen MR) is 129 cm³/mol. The molecule has 11 heteroatoms. The second-order valence-electron chi connectivity index (χ2n) is 9.31. The average molecular weight is 509 g/mol. The maximum atomic E-state index is 13.1. The summed E-state index contributed by atoms with van der Waals surface area (Å²) in [5.74, 6) is -0.361. The van der Waals surface area contributed by atoms with Gasteiger partial charge in [0.05, 0.1) is 16.9 Å². The molecule has 0 atom stereocenters. The van der Waals surface area contributed by atoms with E-state index in [2.05, 4.69) is 40.1 Å². The predicted octanol–water partition coefficient (Wildman–Crippen LogP) is 4.87. The molecule has 0 unspecified atom stereocenters. The molecule has 1 saturated heterocycles. The highest BCUT2D eigenvalue weighted by molar-refractivity contribution is 7.90. The fourth-order valence-corrected chi connectivity index (χ4v) is 5.26. The Morgan fingerprint density at radius 3 is 2.29 bits per heavy atom. The second-order valence-corrected chi connectivity index (χ2v) is 11.0. The van der Waals surface area contributed by atoms with Crippen LogP contribution in [0.15, 0.2) is 54.6 Å². The van der Waals surface area contributed by atoms with E-state index in [1.54, 1.807) is 36.4 Å². The fraction of sp³-hybridized carbons (Fsp3) is 0.375. The first-order valence-corrected chi connectivity index (χ1v) is 12.5. The highest BCUT2D eigenvalue weighted by Gasteiger charge is 2.32. The molecule has 1 aliphatic heterocycles. The van der Waals surface area contributed by atoms with Gasteiger partial charge in [-0.3, -0.25) is 9.62 Å².